The van der Waals surface area contributed by atoms with Crippen LogP contribution in [0.2, 0.25) is 0 Å². The van der Waals surface area contributed by atoms with Crippen molar-refractivity contribution in [1.82, 2.24) is 0 Å². The summed E-state index contributed by atoms with van der Waals surface area (Å²) in [5, 5.41) is 0. The maximum absolute atomic E-state index is 12.8. The fourth-order valence-corrected chi connectivity index (χ4v) is 7.15. The van der Waals surface area contributed by atoms with E-state index in [-0.39, 0.29) is 37.5 Å². The molecule has 69 heavy (non-hydrogen) atoms. The van der Waals surface area contributed by atoms with Crippen LogP contribution in [0.1, 0.15) is 239 Å². The molecule has 0 bridgehead atoms. The Balaban J connectivity index is 4.58. The molecule has 0 aliphatic rings. The van der Waals surface area contributed by atoms with Crippen LogP contribution in [0.5, 0.6) is 0 Å². The van der Waals surface area contributed by atoms with E-state index in [0.29, 0.717) is 19.3 Å². The van der Waals surface area contributed by atoms with Crippen molar-refractivity contribution < 1.29 is 28.6 Å². The SMILES string of the molecule is CCCCC/C=C/C/C=C/C/C=C/C/C=C/CCCCCC(=O)OC[C@@H](COC(=O)CCCCCCC/C=C/C/C=C/CCCCC)OC(=O)CCC/C=C/C/C=C/C/C=C/C/C=C/CCCCC. The molecule has 0 rings (SSSR count). The quantitative estimate of drug-likeness (QED) is 0.0262. The molecule has 6 heteroatoms. The molecule has 0 aliphatic heterocycles. The molecule has 0 fully saturated rings. The highest BCUT2D eigenvalue weighted by Gasteiger charge is 2.19. The molecular weight excluding hydrogens is 853 g/mol. The number of allylic oxidation sites excluding steroid dienone is 20. The van der Waals surface area contributed by atoms with Gasteiger partial charge in [0.2, 0.25) is 0 Å². The van der Waals surface area contributed by atoms with Crippen molar-refractivity contribution in [1.29, 1.82) is 0 Å². The van der Waals surface area contributed by atoms with Crippen LogP contribution in [-0.2, 0) is 28.6 Å². The minimum atomic E-state index is -0.830. The van der Waals surface area contributed by atoms with Gasteiger partial charge in [-0.1, -0.05) is 206 Å². The van der Waals surface area contributed by atoms with Crippen LogP contribution in [0.3, 0.4) is 0 Å². The van der Waals surface area contributed by atoms with Gasteiger partial charge in [-0.3, -0.25) is 14.4 Å². The van der Waals surface area contributed by atoms with E-state index in [1.54, 1.807) is 0 Å². The first kappa shape index (κ1) is 64.8. The van der Waals surface area contributed by atoms with E-state index in [4.69, 9.17) is 14.2 Å². The van der Waals surface area contributed by atoms with Crippen LogP contribution < -0.4 is 0 Å². The molecule has 6 nitrogen and oxygen atoms in total. The molecule has 0 aromatic carbocycles. The summed E-state index contributed by atoms with van der Waals surface area (Å²) in [4.78, 5) is 38.1. The van der Waals surface area contributed by atoms with E-state index >= 15 is 0 Å². The first-order chi connectivity index (χ1) is 34.0. The van der Waals surface area contributed by atoms with Crippen LogP contribution in [-0.4, -0.2) is 37.2 Å². The zero-order valence-corrected chi connectivity index (χ0v) is 44.5. The van der Waals surface area contributed by atoms with Gasteiger partial charge >= 0.3 is 17.9 Å². The summed E-state index contributed by atoms with van der Waals surface area (Å²) >= 11 is 0. The monoisotopic (exact) mass is 955 g/mol. The zero-order chi connectivity index (χ0) is 50.0. The highest BCUT2D eigenvalue weighted by atomic mass is 16.6. The molecule has 0 aromatic heterocycles. The van der Waals surface area contributed by atoms with Gasteiger partial charge < -0.3 is 14.2 Å². The van der Waals surface area contributed by atoms with Gasteiger partial charge in [0.05, 0.1) is 0 Å². The first-order valence-corrected chi connectivity index (χ1v) is 28.0. The molecule has 0 heterocycles. The summed E-state index contributed by atoms with van der Waals surface area (Å²) in [5.74, 6) is -1.03. The van der Waals surface area contributed by atoms with Crippen LogP contribution >= 0.6 is 0 Å². The van der Waals surface area contributed by atoms with Gasteiger partial charge in [0.1, 0.15) is 13.2 Å². The van der Waals surface area contributed by atoms with Crippen LogP contribution in [0, 0.1) is 0 Å². The van der Waals surface area contributed by atoms with Crippen molar-refractivity contribution >= 4 is 17.9 Å². The number of unbranched alkanes of at least 4 members (excludes halogenated alkanes) is 18. The Morgan fingerprint density at radius 1 is 0.290 bits per heavy atom. The number of esters is 3. The zero-order valence-electron chi connectivity index (χ0n) is 44.5. The second-order valence-corrected chi connectivity index (χ2v) is 18.1. The lowest BCUT2D eigenvalue weighted by Crippen LogP contribution is -2.30. The van der Waals surface area contributed by atoms with Crippen molar-refractivity contribution in [3.05, 3.63) is 122 Å². The lowest BCUT2D eigenvalue weighted by molar-refractivity contribution is -0.167. The minimum Gasteiger partial charge on any atom is -0.462 e. The Labute approximate surface area is 424 Å². The Morgan fingerprint density at radius 3 is 0.870 bits per heavy atom. The van der Waals surface area contributed by atoms with Crippen LogP contribution in [0.4, 0.5) is 0 Å². The van der Waals surface area contributed by atoms with Gasteiger partial charge in [0, 0.05) is 19.3 Å². The summed E-state index contributed by atoms with van der Waals surface area (Å²) < 4.78 is 16.8. The fraction of sp³-hybridized carbons (Fsp3) is 0.635. The largest absolute Gasteiger partial charge is 0.462 e. The third kappa shape index (κ3) is 54.6. The molecule has 0 radical (unpaired) electrons. The lowest BCUT2D eigenvalue weighted by Gasteiger charge is -2.18. The van der Waals surface area contributed by atoms with Crippen LogP contribution in [0.25, 0.3) is 0 Å². The third-order valence-corrected chi connectivity index (χ3v) is 11.4. The Morgan fingerprint density at radius 2 is 0.536 bits per heavy atom. The molecule has 0 unspecified atom stereocenters. The molecule has 0 aliphatic carbocycles. The maximum atomic E-state index is 12.8. The normalized spacial score (nSPS) is 13.0. The molecule has 390 valence electrons. The van der Waals surface area contributed by atoms with Gasteiger partial charge in [0.15, 0.2) is 6.10 Å². The summed E-state index contributed by atoms with van der Waals surface area (Å²) in [7, 11) is 0. The highest BCUT2D eigenvalue weighted by Crippen LogP contribution is 2.12. The standard InChI is InChI=1S/C63H102O6/c1-4-7-10-13-16-19-22-25-28-30-31-33-35-38-41-44-47-50-53-56-62(65)68-59-60(58-67-61(64)55-52-49-46-43-40-37-34-27-24-21-18-15-12-9-6-3)69-63(66)57-54-51-48-45-42-39-36-32-29-26-23-20-17-14-11-8-5-2/h16-21,25-29,31,33-34,36,38-39,41,45,48,60H,4-15,22-24,30,32,35,37,40,42-44,46-47,49-59H2,1-3H3/b19-16+,20-17+,21-18+,28-25+,29-26+,33-31+,34-27+,39-36+,41-38+,48-45+/t60-/m1/s1. The third-order valence-electron chi connectivity index (χ3n) is 11.4. The van der Waals surface area contributed by atoms with E-state index in [1.807, 2.05) is 0 Å². The number of carbonyl (C=O) groups excluding carboxylic acids is 3. The summed E-state index contributed by atoms with van der Waals surface area (Å²) in [6, 6.07) is 0. The molecule has 0 N–H and O–H groups in total. The number of hydrogen-bond acceptors (Lipinski definition) is 6. The Kier molecular flexibility index (Phi) is 53.0. The smallest absolute Gasteiger partial charge is 0.306 e. The van der Waals surface area contributed by atoms with Gasteiger partial charge in [-0.15, -0.1) is 0 Å². The first-order valence-electron chi connectivity index (χ1n) is 28.0. The summed E-state index contributed by atoms with van der Waals surface area (Å²) in [6.45, 7) is 6.46. The predicted molar refractivity (Wildman–Crippen MR) is 297 cm³/mol. The molecule has 0 spiro atoms. The molecule has 0 saturated carbocycles. The van der Waals surface area contributed by atoms with Crippen molar-refractivity contribution in [3.8, 4) is 0 Å². The van der Waals surface area contributed by atoms with Crippen molar-refractivity contribution in [3.63, 3.8) is 0 Å². The fourth-order valence-electron chi connectivity index (χ4n) is 7.15. The molecule has 0 amide bonds. The van der Waals surface area contributed by atoms with Gasteiger partial charge in [-0.2, -0.15) is 0 Å². The average molecular weight is 956 g/mol. The van der Waals surface area contributed by atoms with Crippen molar-refractivity contribution in [2.24, 2.45) is 0 Å². The predicted octanol–water partition coefficient (Wildman–Crippen LogP) is 18.9. The summed E-state index contributed by atoms with van der Waals surface area (Å²) in [6.07, 6.45) is 77.5. The highest BCUT2D eigenvalue weighted by molar-refractivity contribution is 5.71. The second kappa shape index (κ2) is 56.4. The second-order valence-electron chi connectivity index (χ2n) is 18.1. The molecule has 1 atom stereocenters. The molecule has 0 aromatic rings. The Bertz CT molecular complexity index is 1470. The van der Waals surface area contributed by atoms with E-state index in [9.17, 15) is 14.4 Å². The lowest BCUT2D eigenvalue weighted by atomic mass is 10.1. The van der Waals surface area contributed by atoms with E-state index in [0.717, 1.165) is 116 Å². The Hall–Kier alpha value is -4.19. The van der Waals surface area contributed by atoms with E-state index in [1.165, 1.54) is 77.0 Å². The molecular formula is C63H102O6. The van der Waals surface area contributed by atoms with Crippen molar-refractivity contribution in [2.45, 2.75) is 245 Å². The number of rotatable bonds is 49. The van der Waals surface area contributed by atoms with Gasteiger partial charge in [0.25, 0.3) is 0 Å². The maximum Gasteiger partial charge on any atom is 0.306 e. The summed E-state index contributed by atoms with van der Waals surface area (Å²) in [5.41, 5.74) is 0. The average Bonchev–Trinajstić information content (AvgIpc) is 3.35. The topological polar surface area (TPSA) is 78.9 Å². The number of carbonyl (C=O) groups is 3. The van der Waals surface area contributed by atoms with E-state index < -0.39 is 6.10 Å². The van der Waals surface area contributed by atoms with Gasteiger partial charge in [-0.25, -0.2) is 0 Å². The number of hydrogen-bond donors (Lipinski definition) is 0. The van der Waals surface area contributed by atoms with E-state index in [2.05, 4.69) is 142 Å². The van der Waals surface area contributed by atoms with Gasteiger partial charge in [-0.05, 0) is 135 Å². The number of ether oxygens (including phenoxy) is 3. The van der Waals surface area contributed by atoms with Crippen molar-refractivity contribution in [2.75, 3.05) is 13.2 Å². The van der Waals surface area contributed by atoms with Crippen LogP contribution in [0.15, 0.2) is 122 Å². The molecule has 0 saturated heterocycles. The minimum absolute atomic E-state index is 0.121.